The van der Waals surface area contributed by atoms with E-state index in [2.05, 4.69) is 0 Å². The average Bonchev–Trinajstić information content (AvgIpc) is 3.13. The Bertz CT molecular complexity index is 832. The van der Waals surface area contributed by atoms with Gasteiger partial charge in [-0.1, -0.05) is 29.8 Å². The highest BCUT2D eigenvalue weighted by molar-refractivity contribution is 8.01. The van der Waals surface area contributed by atoms with Crippen LogP contribution in [0.5, 0.6) is 0 Å². The van der Waals surface area contributed by atoms with Gasteiger partial charge in [-0.05, 0) is 23.6 Å². The number of carbonyl (C=O) groups excluding carboxylic acids is 1. The lowest BCUT2D eigenvalue weighted by Crippen LogP contribution is -2.51. The van der Waals surface area contributed by atoms with Gasteiger partial charge in [0.1, 0.15) is 4.90 Å². The summed E-state index contributed by atoms with van der Waals surface area (Å²) in [5.74, 6) is 0.408. The first-order chi connectivity index (χ1) is 12.0. The van der Waals surface area contributed by atoms with Crippen LogP contribution in [-0.2, 0) is 14.8 Å². The molecule has 1 aliphatic rings. The SMILES string of the molecule is O=C(CSc1cccs1)N1CCN(S(=O)(=O)c2ccccc2Cl)CC1. The lowest BCUT2D eigenvalue weighted by molar-refractivity contribution is -0.129. The molecule has 1 fully saturated rings. The Hall–Kier alpha value is -1.06. The van der Waals surface area contributed by atoms with Crippen LogP contribution in [0.25, 0.3) is 0 Å². The van der Waals surface area contributed by atoms with E-state index in [4.69, 9.17) is 11.6 Å². The summed E-state index contributed by atoms with van der Waals surface area (Å²) in [6.45, 7) is 1.35. The summed E-state index contributed by atoms with van der Waals surface area (Å²) in [4.78, 5) is 14.1. The van der Waals surface area contributed by atoms with Crippen LogP contribution in [0.2, 0.25) is 5.02 Å². The van der Waals surface area contributed by atoms with E-state index in [1.165, 1.54) is 22.1 Å². The van der Waals surface area contributed by atoms with Gasteiger partial charge in [-0.3, -0.25) is 4.79 Å². The third kappa shape index (κ3) is 4.38. The summed E-state index contributed by atoms with van der Waals surface area (Å²) in [6, 6.07) is 10.4. The number of sulfonamides is 1. The van der Waals surface area contributed by atoms with E-state index in [-0.39, 0.29) is 28.9 Å². The molecule has 2 heterocycles. The number of piperazine rings is 1. The fraction of sp³-hybridized carbons (Fsp3) is 0.312. The predicted octanol–water partition coefficient (Wildman–Crippen LogP) is 3.03. The molecule has 134 valence electrons. The molecule has 5 nitrogen and oxygen atoms in total. The summed E-state index contributed by atoms with van der Waals surface area (Å²) in [5, 5.41) is 2.19. The molecule has 0 spiro atoms. The van der Waals surface area contributed by atoms with Crippen LogP contribution in [0.3, 0.4) is 0 Å². The first-order valence-corrected chi connectivity index (χ1v) is 11.4. The molecule has 1 aliphatic heterocycles. The van der Waals surface area contributed by atoms with E-state index in [0.29, 0.717) is 18.8 Å². The van der Waals surface area contributed by atoms with Gasteiger partial charge >= 0.3 is 0 Å². The van der Waals surface area contributed by atoms with E-state index in [9.17, 15) is 13.2 Å². The van der Waals surface area contributed by atoms with E-state index < -0.39 is 10.0 Å². The topological polar surface area (TPSA) is 57.7 Å². The van der Waals surface area contributed by atoms with Gasteiger partial charge in [0.05, 0.1) is 15.0 Å². The normalized spacial score (nSPS) is 16.1. The highest BCUT2D eigenvalue weighted by Gasteiger charge is 2.31. The minimum atomic E-state index is -3.63. The highest BCUT2D eigenvalue weighted by atomic mass is 35.5. The maximum atomic E-state index is 12.7. The van der Waals surface area contributed by atoms with Crippen molar-refractivity contribution in [1.29, 1.82) is 0 Å². The van der Waals surface area contributed by atoms with Crippen molar-refractivity contribution in [3.05, 3.63) is 46.8 Å². The third-order valence-electron chi connectivity index (χ3n) is 3.88. The summed E-state index contributed by atoms with van der Waals surface area (Å²) in [6.07, 6.45) is 0. The second-order valence-electron chi connectivity index (χ2n) is 5.44. The van der Waals surface area contributed by atoms with Gasteiger partial charge < -0.3 is 4.90 Å². The molecule has 2 aromatic rings. The first-order valence-electron chi connectivity index (χ1n) is 7.67. The van der Waals surface area contributed by atoms with Gasteiger partial charge in [-0.2, -0.15) is 4.31 Å². The third-order valence-corrected chi connectivity index (χ3v) is 8.39. The maximum absolute atomic E-state index is 12.7. The fourth-order valence-electron chi connectivity index (χ4n) is 2.54. The van der Waals surface area contributed by atoms with Gasteiger partial charge in [-0.25, -0.2) is 8.42 Å². The second-order valence-corrected chi connectivity index (χ2v) is 9.97. The number of hydrogen-bond acceptors (Lipinski definition) is 5. The molecule has 1 amide bonds. The van der Waals surface area contributed by atoms with Crippen LogP contribution in [0.15, 0.2) is 50.9 Å². The van der Waals surface area contributed by atoms with Crippen LogP contribution in [-0.4, -0.2) is 55.5 Å². The molecule has 0 radical (unpaired) electrons. The summed E-state index contributed by atoms with van der Waals surface area (Å²) < 4.78 is 27.9. The Morgan fingerprint density at radius 1 is 1.12 bits per heavy atom. The molecule has 0 bridgehead atoms. The van der Waals surface area contributed by atoms with Crippen molar-refractivity contribution >= 4 is 50.6 Å². The van der Waals surface area contributed by atoms with E-state index in [0.717, 1.165) is 4.21 Å². The number of thioether (sulfide) groups is 1. The van der Waals surface area contributed by atoms with Gasteiger partial charge in [0.15, 0.2) is 0 Å². The average molecular weight is 417 g/mol. The van der Waals surface area contributed by atoms with Crippen LogP contribution in [0.1, 0.15) is 0 Å². The lowest BCUT2D eigenvalue weighted by Gasteiger charge is -2.34. The fourth-order valence-corrected chi connectivity index (χ4v) is 6.14. The van der Waals surface area contributed by atoms with Crippen molar-refractivity contribution in [1.82, 2.24) is 9.21 Å². The zero-order chi connectivity index (χ0) is 17.9. The number of amides is 1. The molecule has 0 atom stereocenters. The van der Waals surface area contributed by atoms with Crippen LogP contribution in [0, 0.1) is 0 Å². The Labute approximate surface area is 160 Å². The molecule has 9 heteroatoms. The van der Waals surface area contributed by atoms with Gasteiger partial charge in [0.2, 0.25) is 15.9 Å². The quantitative estimate of drug-likeness (QED) is 0.703. The van der Waals surface area contributed by atoms with Gasteiger partial charge in [0, 0.05) is 26.2 Å². The molecule has 0 N–H and O–H groups in total. The number of thiophene rings is 1. The van der Waals surface area contributed by atoms with E-state index in [1.807, 2.05) is 17.5 Å². The number of rotatable bonds is 5. The van der Waals surface area contributed by atoms with Crippen molar-refractivity contribution in [3.8, 4) is 0 Å². The Morgan fingerprint density at radius 2 is 1.84 bits per heavy atom. The number of halogens is 1. The Morgan fingerprint density at radius 3 is 2.48 bits per heavy atom. The molecule has 0 saturated carbocycles. The molecule has 1 saturated heterocycles. The molecule has 3 rings (SSSR count). The predicted molar refractivity (Wildman–Crippen MR) is 102 cm³/mol. The number of benzene rings is 1. The van der Waals surface area contributed by atoms with Crippen molar-refractivity contribution in [3.63, 3.8) is 0 Å². The summed E-state index contributed by atoms with van der Waals surface area (Å²) in [5.41, 5.74) is 0. The van der Waals surface area contributed by atoms with Gasteiger partial charge in [0.25, 0.3) is 0 Å². The summed E-state index contributed by atoms with van der Waals surface area (Å²) >= 11 is 9.14. The monoisotopic (exact) mass is 416 g/mol. The van der Waals surface area contributed by atoms with Gasteiger partial charge in [-0.15, -0.1) is 23.1 Å². The zero-order valence-corrected chi connectivity index (χ0v) is 16.5. The van der Waals surface area contributed by atoms with E-state index in [1.54, 1.807) is 34.4 Å². The number of nitrogens with zero attached hydrogens (tertiary/aromatic N) is 2. The van der Waals surface area contributed by atoms with Crippen molar-refractivity contribution in [2.24, 2.45) is 0 Å². The minimum absolute atomic E-state index is 0.0354. The Balaban J connectivity index is 1.58. The number of carbonyl (C=O) groups is 1. The van der Waals surface area contributed by atoms with Crippen molar-refractivity contribution in [2.45, 2.75) is 9.10 Å². The Kier molecular flexibility index (Phi) is 6.06. The van der Waals surface area contributed by atoms with Crippen LogP contribution >= 0.6 is 34.7 Å². The standard InChI is InChI=1S/C16H17ClN2O3S3/c17-13-4-1-2-5-14(13)25(21,22)19-9-7-18(8-10-19)15(20)12-24-16-6-3-11-23-16/h1-6,11H,7-10,12H2. The van der Waals surface area contributed by atoms with Crippen molar-refractivity contribution in [2.75, 3.05) is 31.9 Å². The summed E-state index contributed by atoms with van der Waals surface area (Å²) in [7, 11) is -3.63. The molecular formula is C16H17ClN2O3S3. The van der Waals surface area contributed by atoms with Crippen LogP contribution in [0.4, 0.5) is 0 Å². The molecule has 1 aromatic carbocycles. The van der Waals surface area contributed by atoms with Crippen LogP contribution < -0.4 is 0 Å². The molecule has 25 heavy (non-hydrogen) atoms. The molecule has 0 unspecified atom stereocenters. The van der Waals surface area contributed by atoms with Crippen molar-refractivity contribution < 1.29 is 13.2 Å². The number of hydrogen-bond donors (Lipinski definition) is 0. The smallest absolute Gasteiger partial charge is 0.244 e. The molecule has 1 aromatic heterocycles. The molecular weight excluding hydrogens is 400 g/mol. The first kappa shape index (κ1) is 18.7. The minimum Gasteiger partial charge on any atom is -0.339 e. The zero-order valence-electron chi connectivity index (χ0n) is 13.3. The largest absolute Gasteiger partial charge is 0.339 e. The van der Waals surface area contributed by atoms with E-state index >= 15 is 0 Å². The highest BCUT2D eigenvalue weighted by Crippen LogP contribution is 2.26. The maximum Gasteiger partial charge on any atom is 0.244 e. The molecule has 0 aliphatic carbocycles. The lowest BCUT2D eigenvalue weighted by atomic mass is 10.3. The second kappa shape index (κ2) is 8.09.